The Morgan fingerprint density at radius 1 is 1.03 bits per heavy atom. The van der Waals surface area contributed by atoms with Gasteiger partial charge in [-0.2, -0.15) is 10.2 Å². The molecule has 6 aromatic rings. The Morgan fingerprint density at radius 2 is 2.00 bits per heavy atom. The second kappa shape index (κ2) is 5.90. The molecule has 0 fully saturated rings. The average molecular weight is 381 g/mol. The van der Waals surface area contributed by atoms with Gasteiger partial charge >= 0.3 is 0 Å². The standard InChI is InChI=1S/C21H15N7O/c1-28-10-13(7-23-28)16-2-3-17-20(25-16)21(27-26-17)18-6-14-15(12-4-5-29-11-12)8-22-9-19(14)24-18/h2-11,24H,1H3,(H,26,27). The van der Waals surface area contributed by atoms with Crippen molar-refractivity contribution in [3.8, 4) is 33.8 Å². The number of H-pyrrole nitrogens is 2. The fourth-order valence-electron chi connectivity index (χ4n) is 3.63. The molecule has 29 heavy (non-hydrogen) atoms. The van der Waals surface area contributed by atoms with Crippen LogP contribution in [0.15, 0.2) is 66.0 Å². The van der Waals surface area contributed by atoms with Gasteiger partial charge in [-0.3, -0.25) is 14.8 Å². The van der Waals surface area contributed by atoms with Gasteiger partial charge in [-0.25, -0.2) is 4.98 Å². The molecule has 0 unspecified atom stereocenters. The highest BCUT2D eigenvalue weighted by Gasteiger charge is 2.16. The molecule has 0 spiro atoms. The van der Waals surface area contributed by atoms with Crippen LogP contribution < -0.4 is 0 Å². The Kier molecular flexibility index (Phi) is 3.22. The van der Waals surface area contributed by atoms with Crippen LogP contribution in [0.4, 0.5) is 0 Å². The summed E-state index contributed by atoms with van der Waals surface area (Å²) in [6.45, 7) is 0. The number of pyridine rings is 2. The number of rotatable bonds is 3. The number of aryl methyl sites for hydroxylation is 1. The van der Waals surface area contributed by atoms with Gasteiger partial charge in [0.25, 0.3) is 0 Å². The highest BCUT2D eigenvalue weighted by atomic mass is 16.3. The molecule has 6 aromatic heterocycles. The molecule has 8 nitrogen and oxygen atoms in total. The molecule has 6 rings (SSSR count). The summed E-state index contributed by atoms with van der Waals surface area (Å²) < 4.78 is 7.00. The van der Waals surface area contributed by atoms with E-state index in [0.29, 0.717) is 0 Å². The normalized spacial score (nSPS) is 11.6. The number of aromatic amines is 2. The maximum Gasteiger partial charge on any atom is 0.135 e. The van der Waals surface area contributed by atoms with Gasteiger partial charge in [0.2, 0.25) is 0 Å². The molecule has 6 heterocycles. The minimum absolute atomic E-state index is 0.764. The third-order valence-corrected chi connectivity index (χ3v) is 5.04. The SMILES string of the molecule is Cn1cc(-c2ccc3[nH]nc(-c4cc5c(-c6ccoc6)cncc5[nH]4)c3n2)cn1. The molecule has 140 valence electrons. The molecule has 0 bridgehead atoms. The van der Waals surface area contributed by atoms with Crippen molar-refractivity contribution in [3.05, 3.63) is 61.6 Å². The molecule has 0 saturated carbocycles. The van der Waals surface area contributed by atoms with E-state index in [1.807, 2.05) is 43.8 Å². The lowest BCUT2D eigenvalue weighted by Gasteiger charge is -1.98. The predicted octanol–water partition coefficient (Wildman–Crippen LogP) is 4.16. The van der Waals surface area contributed by atoms with Gasteiger partial charge in [0, 0.05) is 41.5 Å². The first kappa shape index (κ1) is 15.8. The molecular weight excluding hydrogens is 366 g/mol. The van der Waals surface area contributed by atoms with Crippen molar-refractivity contribution in [3.63, 3.8) is 0 Å². The second-order valence-corrected chi connectivity index (χ2v) is 6.91. The molecule has 0 atom stereocenters. The Morgan fingerprint density at radius 3 is 2.83 bits per heavy atom. The van der Waals surface area contributed by atoms with E-state index in [0.717, 1.165) is 55.7 Å². The number of aromatic nitrogens is 7. The first-order chi connectivity index (χ1) is 14.3. The molecule has 0 aliphatic rings. The summed E-state index contributed by atoms with van der Waals surface area (Å²) in [5.41, 5.74) is 8.04. The molecule has 0 amide bonds. The minimum atomic E-state index is 0.764. The van der Waals surface area contributed by atoms with Crippen molar-refractivity contribution in [2.24, 2.45) is 7.05 Å². The van der Waals surface area contributed by atoms with E-state index in [2.05, 4.69) is 31.3 Å². The average Bonchev–Trinajstić information content (AvgIpc) is 3.51. The lowest BCUT2D eigenvalue weighted by Crippen LogP contribution is -1.86. The fourth-order valence-corrected chi connectivity index (χ4v) is 3.63. The van der Waals surface area contributed by atoms with Crippen LogP contribution in [0.5, 0.6) is 0 Å². The third kappa shape index (κ3) is 2.46. The number of nitrogens with zero attached hydrogens (tertiary/aromatic N) is 5. The van der Waals surface area contributed by atoms with Gasteiger partial charge in [-0.1, -0.05) is 0 Å². The first-order valence-electron chi connectivity index (χ1n) is 9.10. The van der Waals surface area contributed by atoms with Gasteiger partial charge in [-0.05, 0) is 24.3 Å². The summed E-state index contributed by atoms with van der Waals surface area (Å²) in [6.07, 6.45) is 10.8. The maximum atomic E-state index is 5.24. The zero-order valence-corrected chi connectivity index (χ0v) is 15.4. The van der Waals surface area contributed by atoms with Crippen molar-refractivity contribution in [1.29, 1.82) is 0 Å². The van der Waals surface area contributed by atoms with Crippen LogP contribution in [-0.2, 0) is 7.05 Å². The highest BCUT2D eigenvalue weighted by Crippen LogP contribution is 2.33. The summed E-state index contributed by atoms with van der Waals surface area (Å²) in [5, 5.41) is 12.9. The van der Waals surface area contributed by atoms with Gasteiger partial charge in [0.1, 0.15) is 11.2 Å². The smallest absolute Gasteiger partial charge is 0.135 e. The van der Waals surface area contributed by atoms with E-state index in [1.165, 1.54) is 0 Å². The molecule has 0 aromatic carbocycles. The fraction of sp³-hybridized carbons (Fsp3) is 0.0476. The van der Waals surface area contributed by atoms with Crippen molar-refractivity contribution in [2.45, 2.75) is 0 Å². The number of nitrogens with one attached hydrogen (secondary N) is 2. The van der Waals surface area contributed by atoms with E-state index in [4.69, 9.17) is 9.40 Å². The quantitative estimate of drug-likeness (QED) is 0.479. The van der Waals surface area contributed by atoms with Crippen molar-refractivity contribution >= 4 is 21.9 Å². The molecule has 0 aliphatic carbocycles. The van der Waals surface area contributed by atoms with Crippen LogP contribution in [0.25, 0.3) is 55.7 Å². The van der Waals surface area contributed by atoms with Crippen LogP contribution in [0.3, 0.4) is 0 Å². The summed E-state index contributed by atoms with van der Waals surface area (Å²) in [5.74, 6) is 0. The van der Waals surface area contributed by atoms with E-state index >= 15 is 0 Å². The minimum Gasteiger partial charge on any atom is -0.472 e. The largest absolute Gasteiger partial charge is 0.472 e. The van der Waals surface area contributed by atoms with Gasteiger partial charge in [0.15, 0.2) is 0 Å². The molecule has 0 radical (unpaired) electrons. The van der Waals surface area contributed by atoms with Gasteiger partial charge in [-0.15, -0.1) is 0 Å². The van der Waals surface area contributed by atoms with Crippen LogP contribution >= 0.6 is 0 Å². The lowest BCUT2D eigenvalue weighted by atomic mass is 10.1. The molecule has 0 saturated heterocycles. The van der Waals surface area contributed by atoms with Gasteiger partial charge < -0.3 is 9.40 Å². The first-order valence-corrected chi connectivity index (χ1v) is 9.10. The van der Waals surface area contributed by atoms with E-state index in [1.54, 1.807) is 23.4 Å². The Balaban J connectivity index is 1.53. The summed E-state index contributed by atoms with van der Waals surface area (Å²) in [4.78, 5) is 12.6. The number of fused-ring (bicyclic) bond motifs is 2. The monoisotopic (exact) mass is 381 g/mol. The van der Waals surface area contributed by atoms with Crippen LogP contribution in [0.1, 0.15) is 0 Å². The topological polar surface area (TPSA) is 101 Å². The Labute approximate surface area is 164 Å². The van der Waals surface area contributed by atoms with E-state index in [9.17, 15) is 0 Å². The third-order valence-electron chi connectivity index (χ3n) is 5.04. The van der Waals surface area contributed by atoms with Crippen molar-refractivity contribution < 1.29 is 4.42 Å². The maximum absolute atomic E-state index is 5.24. The second-order valence-electron chi connectivity index (χ2n) is 6.91. The van der Waals surface area contributed by atoms with Gasteiger partial charge in [0.05, 0.1) is 47.3 Å². The number of hydrogen-bond acceptors (Lipinski definition) is 5. The summed E-state index contributed by atoms with van der Waals surface area (Å²) >= 11 is 0. The van der Waals surface area contributed by atoms with Crippen LogP contribution in [0.2, 0.25) is 0 Å². The Hall–Kier alpha value is -4.20. The number of furan rings is 1. The van der Waals surface area contributed by atoms with E-state index in [-0.39, 0.29) is 0 Å². The van der Waals surface area contributed by atoms with Crippen LogP contribution in [-0.4, -0.2) is 34.9 Å². The van der Waals surface area contributed by atoms with Crippen molar-refractivity contribution in [2.75, 3.05) is 0 Å². The summed E-state index contributed by atoms with van der Waals surface area (Å²) in [6, 6.07) is 7.96. The van der Waals surface area contributed by atoms with Crippen LogP contribution in [0, 0.1) is 0 Å². The zero-order chi connectivity index (χ0) is 19.4. The van der Waals surface area contributed by atoms with E-state index < -0.39 is 0 Å². The molecular formula is C21H15N7O. The zero-order valence-electron chi connectivity index (χ0n) is 15.4. The molecule has 2 N–H and O–H groups in total. The Bertz CT molecular complexity index is 1470. The predicted molar refractivity (Wildman–Crippen MR) is 109 cm³/mol. The molecule has 0 aliphatic heterocycles. The van der Waals surface area contributed by atoms with Crippen molar-refractivity contribution in [1.82, 2.24) is 34.9 Å². The lowest BCUT2D eigenvalue weighted by molar-refractivity contribution is 0.568. The summed E-state index contributed by atoms with van der Waals surface area (Å²) in [7, 11) is 1.89. The molecule has 8 heteroatoms. The highest BCUT2D eigenvalue weighted by molar-refractivity contribution is 5.99. The number of hydrogen-bond donors (Lipinski definition) is 2.